The smallest absolute Gasteiger partial charge is 0.219 e. The Hall–Kier alpha value is -0.880. The van der Waals surface area contributed by atoms with Crippen LogP contribution >= 0.6 is 0 Å². The van der Waals surface area contributed by atoms with E-state index in [4.69, 9.17) is 0 Å². The minimum Gasteiger partial charge on any atom is -0.282 e. The fourth-order valence-corrected chi connectivity index (χ4v) is 3.44. The van der Waals surface area contributed by atoms with Crippen molar-refractivity contribution in [1.82, 2.24) is 14.5 Å². The van der Waals surface area contributed by atoms with E-state index in [0.29, 0.717) is 13.1 Å². The van der Waals surface area contributed by atoms with E-state index < -0.39 is 14.8 Å². The molecule has 1 aliphatic rings. The lowest BCUT2D eigenvalue weighted by molar-refractivity contribution is 0.372. The zero-order valence-corrected chi connectivity index (χ0v) is 13.6. The highest BCUT2D eigenvalue weighted by molar-refractivity contribution is 7.90. The topological polar surface area (TPSA) is 66.1 Å². The Morgan fingerprint density at radius 1 is 1.26 bits per heavy atom. The average molecular weight is 287 g/mol. The molecule has 1 aromatic heterocycles. The highest BCUT2D eigenvalue weighted by atomic mass is 32.2. The molecule has 0 saturated heterocycles. The number of rotatable bonds is 1. The third-order valence-electron chi connectivity index (χ3n) is 3.21. The monoisotopic (exact) mass is 287 g/mol. The molecule has 5 nitrogen and oxygen atoms in total. The lowest BCUT2D eigenvalue weighted by atomic mass is 10.1. The molecule has 0 bridgehead atoms. The zero-order valence-electron chi connectivity index (χ0n) is 12.7. The number of fused-ring (bicyclic) bond motifs is 1. The summed E-state index contributed by atoms with van der Waals surface area (Å²) in [6.45, 7) is 12.1. The first-order valence-corrected chi connectivity index (χ1v) is 8.20. The largest absolute Gasteiger partial charge is 0.282 e. The van der Waals surface area contributed by atoms with Crippen molar-refractivity contribution >= 4 is 10.0 Å². The van der Waals surface area contributed by atoms with E-state index in [1.165, 1.54) is 9.87 Å². The van der Waals surface area contributed by atoms with Crippen molar-refractivity contribution in [3.05, 3.63) is 17.0 Å². The number of hydrogen-bond acceptors (Lipinski definition) is 3. The molecule has 6 heteroatoms. The molecule has 0 spiro atoms. The first kappa shape index (κ1) is 16.2. The SMILES string of the molecule is CC.Cc1[nH]nc2c1CCN(S(=O)(=O)C(C)(C)C)C2. The molecule has 0 saturated carbocycles. The van der Waals surface area contributed by atoms with Gasteiger partial charge in [0.05, 0.1) is 17.0 Å². The molecule has 0 aliphatic carbocycles. The van der Waals surface area contributed by atoms with Gasteiger partial charge in [0.15, 0.2) is 0 Å². The number of nitrogens with one attached hydrogen (secondary N) is 1. The maximum absolute atomic E-state index is 12.3. The zero-order chi connectivity index (χ0) is 14.8. The minimum atomic E-state index is -3.25. The van der Waals surface area contributed by atoms with E-state index in [9.17, 15) is 8.42 Å². The molecule has 0 aromatic carbocycles. The summed E-state index contributed by atoms with van der Waals surface area (Å²) in [6, 6.07) is 0. The highest BCUT2D eigenvalue weighted by Gasteiger charge is 2.37. The maximum Gasteiger partial charge on any atom is 0.219 e. The van der Waals surface area contributed by atoms with Gasteiger partial charge in [0, 0.05) is 12.2 Å². The molecule has 0 fully saturated rings. The second-order valence-corrected chi connectivity index (χ2v) is 8.17. The van der Waals surface area contributed by atoms with Crippen LogP contribution in [0.3, 0.4) is 0 Å². The van der Waals surface area contributed by atoms with Crippen LogP contribution in [0.2, 0.25) is 0 Å². The van der Waals surface area contributed by atoms with Gasteiger partial charge in [-0.25, -0.2) is 8.42 Å². The molecular weight excluding hydrogens is 262 g/mol. The normalized spacial score (nSPS) is 16.5. The van der Waals surface area contributed by atoms with Crippen molar-refractivity contribution in [3.63, 3.8) is 0 Å². The minimum absolute atomic E-state index is 0.388. The van der Waals surface area contributed by atoms with E-state index in [1.807, 2.05) is 20.8 Å². The van der Waals surface area contributed by atoms with Gasteiger partial charge in [0.25, 0.3) is 0 Å². The second kappa shape index (κ2) is 5.63. The van der Waals surface area contributed by atoms with Crippen LogP contribution in [0.1, 0.15) is 51.6 Å². The molecule has 0 radical (unpaired) electrons. The summed E-state index contributed by atoms with van der Waals surface area (Å²) < 4.78 is 25.4. The van der Waals surface area contributed by atoms with Crippen molar-refractivity contribution in [2.24, 2.45) is 0 Å². The van der Waals surface area contributed by atoms with Crippen LogP contribution in [0, 0.1) is 6.92 Å². The van der Waals surface area contributed by atoms with Crippen molar-refractivity contribution in [1.29, 1.82) is 0 Å². The van der Waals surface area contributed by atoms with E-state index in [1.54, 1.807) is 20.8 Å². The van der Waals surface area contributed by atoms with Crippen LogP contribution in [-0.4, -0.2) is 34.2 Å². The van der Waals surface area contributed by atoms with E-state index in [2.05, 4.69) is 10.2 Å². The Balaban J connectivity index is 0.000000861. The summed E-state index contributed by atoms with van der Waals surface area (Å²) in [4.78, 5) is 0. The Morgan fingerprint density at radius 3 is 2.37 bits per heavy atom. The number of aromatic nitrogens is 2. The molecule has 2 rings (SSSR count). The van der Waals surface area contributed by atoms with E-state index in [-0.39, 0.29) is 0 Å². The van der Waals surface area contributed by atoms with E-state index in [0.717, 1.165) is 17.8 Å². The molecule has 110 valence electrons. The number of aromatic amines is 1. The van der Waals surface area contributed by atoms with Crippen LogP contribution in [0.15, 0.2) is 0 Å². The van der Waals surface area contributed by atoms with Gasteiger partial charge in [-0.2, -0.15) is 9.40 Å². The quantitative estimate of drug-likeness (QED) is 0.861. The van der Waals surface area contributed by atoms with E-state index >= 15 is 0 Å². The van der Waals surface area contributed by atoms with Crippen molar-refractivity contribution in [2.75, 3.05) is 6.54 Å². The Morgan fingerprint density at radius 2 is 1.84 bits per heavy atom. The molecule has 0 amide bonds. The summed E-state index contributed by atoms with van der Waals surface area (Å²) in [5, 5.41) is 7.09. The number of sulfonamides is 1. The summed E-state index contributed by atoms with van der Waals surface area (Å²) in [6.07, 6.45) is 0.743. The Labute approximate surface area is 116 Å². The van der Waals surface area contributed by atoms with Gasteiger partial charge >= 0.3 is 0 Å². The van der Waals surface area contributed by atoms with Gasteiger partial charge in [-0.05, 0) is 39.7 Å². The first-order chi connectivity index (χ1) is 8.73. The Kier molecular flexibility index (Phi) is 4.79. The Bertz CT molecular complexity index is 527. The fraction of sp³-hybridized carbons (Fsp3) is 0.769. The van der Waals surface area contributed by atoms with Crippen molar-refractivity contribution < 1.29 is 8.42 Å². The number of hydrogen-bond donors (Lipinski definition) is 1. The predicted octanol–water partition coefficient (Wildman–Crippen LogP) is 2.23. The van der Waals surface area contributed by atoms with Gasteiger partial charge in [-0.1, -0.05) is 13.8 Å². The predicted molar refractivity (Wildman–Crippen MR) is 77.5 cm³/mol. The maximum atomic E-state index is 12.3. The molecule has 0 unspecified atom stereocenters. The molecule has 19 heavy (non-hydrogen) atoms. The molecular formula is C13H25N3O2S. The number of aryl methyl sites for hydroxylation is 1. The first-order valence-electron chi connectivity index (χ1n) is 6.76. The molecule has 2 heterocycles. The lowest BCUT2D eigenvalue weighted by Crippen LogP contribution is -2.45. The van der Waals surface area contributed by atoms with Gasteiger partial charge in [-0.3, -0.25) is 5.10 Å². The molecule has 1 N–H and O–H groups in total. The molecule has 1 aliphatic heterocycles. The summed E-state index contributed by atoms with van der Waals surface area (Å²) in [5.74, 6) is 0. The van der Waals surface area contributed by atoms with Crippen molar-refractivity contribution in [3.8, 4) is 0 Å². The third-order valence-corrected chi connectivity index (χ3v) is 5.75. The summed E-state index contributed by atoms with van der Waals surface area (Å²) >= 11 is 0. The van der Waals surface area contributed by atoms with Crippen LogP contribution in [0.4, 0.5) is 0 Å². The summed E-state index contributed by atoms with van der Waals surface area (Å²) in [7, 11) is -3.25. The summed E-state index contributed by atoms with van der Waals surface area (Å²) in [5.41, 5.74) is 3.08. The van der Waals surface area contributed by atoms with Gasteiger partial charge in [-0.15, -0.1) is 0 Å². The second-order valence-electron chi connectivity index (χ2n) is 5.47. The lowest BCUT2D eigenvalue weighted by Gasteiger charge is -2.32. The van der Waals surface area contributed by atoms with Crippen LogP contribution < -0.4 is 0 Å². The van der Waals surface area contributed by atoms with Gasteiger partial charge < -0.3 is 0 Å². The van der Waals surface area contributed by atoms with Crippen molar-refractivity contribution in [2.45, 2.75) is 59.3 Å². The molecule has 1 aromatic rings. The van der Waals surface area contributed by atoms with Crippen LogP contribution in [0.5, 0.6) is 0 Å². The highest BCUT2D eigenvalue weighted by Crippen LogP contribution is 2.27. The molecule has 0 atom stereocenters. The fourth-order valence-electron chi connectivity index (χ4n) is 2.04. The standard InChI is InChI=1S/C11H19N3O2S.C2H6/c1-8-9-5-6-14(7-10(9)13-12-8)17(15,16)11(2,3)4;1-2/h5-7H2,1-4H3,(H,12,13);1-2H3. The van der Waals surface area contributed by atoms with Gasteiger partial charge in [0.1, 0.15) is 0 Å². The van der Waals surface area contributed by atoms with Gasteiger partial charge in [0.2, 0.25) is 10.0 Å². The number of H-pyrrole nitrogens is 1. The van der Waals surface area contributed by atoms with Crippen LogP contribution in [0.25, 0.3) is 0 Å². The average Bonchev–Trinajstić information content (AvgIpc) is 2.72. The third kappa shape index (κ3) is 3.00. The van der Waals surface area contributed by atoms with Crippen LogP contribution in [-0.2, 0) is 23.0 Å². The number of nitrogens with zero attached hydrogens (tertiary/aromatic N) is 2.